The molecule has 6 heteroatoms. The van der Waals surface area contributed by atoms with Gasteiger partial charge in [-0.05, 0) is 43.0 Å². The summed E-state index contributed by atoms with van der Waals surface area (Å²) >= 11 is 0. The van der Waals surface area contributed by atoms with Gasteiger partial charge in [0.1, 0.15) is 5.69 Å². The van der Waals surface area contributed by atoms with E-state index in [-0.39, 0.29) is 11.9 Å². The monoisotopic (exact) mass is 331 g/mol. The molecule has 1 aliphatic carbocycles. The second kappa shape index (κ2) is 6.76. The summed E-state index contributed by atoms with van der Waals surface area (Å²) in [6.07, 6.45) is 9.14. The Morgan fingerprint density at radius 1 is 1.04 bits per heavy atom. The summed E-state index contributed by atoms with van der Waals surface area (Å²) in [5.74, 6) is -0.226. The third-order valence-electron chi connectivity index (χ3n) is 4.31. The van der Waals surface area contributed by atoms with Gasteiger partial charge in [-0.25, -0.2) is 9.97 Å². The van der Waals surface area contributed by atoms with Crippen LogP contribution in [0.25, 0.3) is 11.4 Å². The Labute approximate surface area is 145 Å². The Bertz CT molecular complexity index is 883. The number of nitrogens with zero attached hydrogens (tertiary/aromatic N) is 4. The molecule has 3 aromatic heterocycles. The maximum atomic E-state index is 12.4. The molecule has 0 aliphatic heterocycles. The maximum Gasteiger partial charge on any atom is 0.272 e. The molecule has 0 saturated heterocycles. The van der Waals surface area contributed by atoms with Crippen LogP contribution in [0.3, 0.4) is 0 Å². The first-order chi connectivity index (χ1) is 12.3. The van der Waals surface area contributed by atoms with E-state index in [1.807, 2.05) is 24.3 Å². The Hall–Kier alpha value is -3.15. The number of carbonyl (C=O) groups is 1. The maximum absolute atomic E-state index is 12.4. The van der Waals surface area contributed by atoms with Crippen LogP contribution in [0.1, 0.15) is 40.6 Å². The standard InChI is InChI=1S/C19H17N5O/c25-19(17-12-20-10-11-22-17)24-16-6-3-4-13-7-8-15(23-18(13)16)14-5-1-2-9-21-14/h1-2,5,7-12,16H,3-4,6H2,(H,24,25). The molecule has 0 spiro atoms. The summed E-state index contributed by atoms with van der Waals surface area (Å²) in [4.78, 5) is 29.6. The van der Waals surface area contributed by atoms with Crippen molar-refractivity contribution in [1.29, 1.82) is 0 Å². The van der Waals surface area contributed by atoms with Gasteiger partial charge in [-0.1, -0.05) is 12.1 Å². The second-order valence-corrected chi connectivity index (χ2v) is 5.96. The molecule has 124 valence electrons. The van der Waals surface area contributed by atoms with Gasteiger partial charge in [0.15, 0.2) is 0 Å². The summed E-state index contributed by atoms with van der Waals surface area (Å²) < 4.78 is 0. The topological polar surface area (TPSA) is 80.7 Å². The fourth-order valence-electron chi connectivity index (χ4n) is 3.10. The number of amides is 1. The van der Waals surface area contributed by atoms with Crippen molar-refractivity contribution in [2.75, 3.05) is 0 Å². The van der Waals surface area contributed by atoms with Gasteiger partial charge >= 0.3 is 0 Å². The molecule has 4 rings (SSSR count). The molecule has 0 fully saturated rings. The smallest absolute Gasteiger partial charge is 0.272 e. The zero-order valence-electron chi connectivity index (χ0n) is 13.6. The summed E-state index contributed by atoms with van der Waals surface area (Å²) in [5.41, 5.74) is 4.06. The second-order valence-electron chi connectivity index (χ2n) is 5.96. The minimum Gasteiger partial charge on any atom is -0.342 e. The molecule has 1 aliphatic rings. The highest BCUT2D eigenvalue weighted by molar-refractivity contribution is 5.92. The van der Waals surface area contributed by atoms with Gasteiger partial charge in [-0.15, -0.1) is 0 Å². The predicted molar refractivity (Wildman–Crippen MR) is 92.6 cm³/mol. The third kappa shape index (κ3) is 3.24. The van der Waals surface area contributed by atoms with Gasteiger partial charge in [0.25, 0.3) is 5.91 Å². The highest BCUT2D eigenvalue weighted by Crippen LogP contribution is 2.30. The van der Waals surface area contributed by atoms with Crippen LogP contribution in [-0.4, -0.2) is 25.8 Å². The lowest BCUT2D eigenvalue weighted by Gasteiger charge is -2.25. The molecule has 0 aromatic carbocycles. The number of rotatable bonds is 3. The van der Waals surface area contributed by atoms with Crippen molar-refractivity contribution in [3.05, 3.63) is 72.1 Å². The Balaban J connectivity index is 1.63. The van der Waals surface area contributed by atoms with E-state index in [1.165, 1.54) is 18.0 Å². The largest absolute Gasteiger partial charge is 0.342 e. The van der Waals surface area contributed by atoms with Crippen LogP contribution >= 0.6 is 0 Å². The minimum absolute atomic E-state index is 0.123. The van der Waals surface area contributed by atoms with E-state index >= 15 is 0 Å². The Morgan fingerprint density at radius 3 is 2.80 bits per heavy atom. The first kappa shape index (κ1) is 15.4. The van der Waals surface area contributed by atoms with Crippen molar-refractivity contribution in [1.82, 2.24) is 25.3 Å². The zero-order chi connectivity index (χ0) is 17.1. The first-order valence-corrected chi connectivity index (χ1v) is 8.29. The van der Waals surface area contributed by atoms with Gasteiger partial charge in [0.05, 0.1) is 29.3 Å². The average Bonchev–Trinajstić information content (AvgIpc) is 2.69. The van der Waals surface area contributed by atoms with Gasteiger partial charge < -0.3 is 5.32 Å². The van der Waals surface area contributed by atoms with Gasteiger partial charge in [-0.3, -0.25) is 14.8 Å². The molecule has 1 atom stereocenters. The van der Waals surface area contributed by atoms with Crippen LogP contribution in [0.15, 0.2) is 55.1 Å². The van der Waals surface area contributed by atoms with Crippen molar-refractivity contribution in [2.45, 2.75) is 25.3 Å². The highest BCUT2D eigenvalue weighted by Gasteiger charge is 2.24. The zero-order valence-corrected chi connectivity index (χ0v) is 13.6. The molecule has 0 bridgehead atoms. The van der Waals surface area contributed by atoms with E-state index in [1.54, 1.807) is 12.4 Å². The Kier molecular flexibility index (Phi) is 4.16. The number of hydrogen-bond donors (Lipinski definition) is 1. The molecule has 0 saturated carbocycles. The predicted octanol–water partition coefficient (Wildman–Crippen LogP) is 2.74. The number of nitrogens with one attached hydrogen (secondary N) is 1. The van der Waals surface area contributed by atoms with Gasteiger partial charge in [0.2, 0.25) is 0 Å². The fourth-order valence-corrected chi connectivity index (χ4v) is 3.10. The molecule has 0 radical (unpaired) electrons. The van der Waals surface area contributed by atoms with Crippen molar-refractivity contribution in [3.8, 4) is 11.4 Å². The van der Waals surface area contributed by atoms with E-state index < -0.39 is 0 Å². The average molecular weight is 331 g/mol. The molecule has 1 unspecified atom stereocenters. The normalized spacial score (nSPS) is 16.1. The van der Waals surface area contributed by atoms with E-state index in [0.717, 1.165) is 36.3 Å². The summed E-state index contributed by atoms with van der Waals surface area (Å²) in [6.45, 7) is 0. The van der Waals surface area contributed by atoms with Crippen LogP contribution in [0.4, 0.5) is 0 Å². The van der Waals surface area contributed by atoms with Crippen LogP contribution in [-0.2, 0) is 6.42 Å². The number of carbonyl (C=O) groups excluding carboxylic acids is 1. The van der Waals surface area contributed by atoms with E-state index in [4.69, 9.17) is 4.98 Å². The molecular weight excluding hydrogens is 314 g/mol. The fraction of sp³-hybridized carbons (Fsp3) is 0.211. The van der Waals surface area contributed by atoms with Crippen molar-refractivity contribution in [3.63, 3.8) is 0 Å². The Morgan fingerprint density at radius 2 is 2.00 bits per heavy atom. The number of aryl methyl sites for hydroxylation is 1. The number of hydrogen-bond acceptors (Lipinski definition) is 5. The lowest BCUT2D eigenvalue weighted by atomic mass is 9.91. The van der Waals surface area contributed by atoms with Crippen molar-refractivity contribution >= 4 is 5.91 Å². The quantitative estimate of drug-likeness (QED) is 0.798. The third-order valence-corrected chi connectivity index (χ3v) is 4.31. The molecule has 3 aromatic rings. The van der Waals surface area contributed by atoms with Crippen molar-refractivity contribution in [2.24, 2.45) is 0 Å². The molecule has 6 nitrogen and oxygen atoms in total. The lowest BCUT2D eigenvalue weighted by Crippen LogP contribution is -2.32. The highest BCUT2D eigenvalue weighted by atomic mass is 16.1. The van der Waals surface area contributed by atoms with E-state index in [2.05, 4.69) is 26.3 Å². The van der Waals surface area contributed by atoms with Gasteiger partial charge in [0, 0.05) is 18.6 Å². The van der Waals surface area contributed by atoms with Crippen LogP contribution in [0, 0.1) is 0 Å². The molecule has 25 heavy (non-hydrogen) atoms. The molecule has 3 heterocycles. The summed E-state index contributed by atoms with van der Waals surface area (Å²) in [7, 11) is 0. The molecular formula is C19H17N5O. The summed E-state index contributed by atoms with van der Waals surface area (Å²) in [5, 5.41) is 3.05. The van der Waals surface area contributed by atoms with Crippen LogP contribution in [0.2, 0.25) is 0 Å². The minimum atomic E-state index is -0.226. The first-order valence-electron chi connectivity index (χ1n) is 8.29. The SMILES string of the molecule is O=C(NC1CCCc2ccc(-c3ccccn3)nc21)c1cnccn1. The lowest BCUT2D eigenvalue weighted by molar-refractivity contribution is 0.0926. The number of pyridine rings is 2. The van der Waals surface area contributed by atoms with Crippen LogP contribution in [0.5, 0.6) is 0 Å². The van der Waals surface area contributed by atoms with E-state index in [0.29, 0.717) is 5.69 Å². The van der Waals surface area contributed by atoms with Crippen molar-refractivity contribution < 1.29 is 4.79 Å². The summed E-state index contributed by atoms with van der Waals surface area (Å²) in [6, 6.07) is 9.72. The number of fused-ring (bicyclic) bond motifs is 1. The molecule has 1 N–H and O–H groups in total. The van der Waals surface area contributed by atoms with Crippen LogP contribution < -0.4 is 5.32 Å². The van der Waals surface area contributed by atoms with Gasteiger partial charge in [-0.2, -0.15) is 0 Å². The number of aromatic nitrogens is 4. The molecule has 1 amide bonds. The van der Waals surface area contributed by atoms with E-state index in [9.17, 15) is 4.79 Å².